The van der Waals surface area contributed by atoms with E-state index in [0.717, 1.165) is 83.5 Å². The van der Waals surface area contributed by atoms with E-state index in [1.54, 1.807) is 6.08 Å². The Morgan fingerprint density at radius 2 is 0.524 bits per heavy atom. The highest BCUT2D eigenvalue weighted by Gasteiger charge is 2.19. The van der Waals surface area contributed by atoms with Crippen LogP contribution in [0.15, 0.2) is 85.1 Å². The zero-order chi connectivity index (χ0) is 59.2. The number of carbonyl (C=O) groups excluding carboxylic acids is 3. The second-order valence-corrected chi connectivity index (χ2v) is 23.8. The molecule has 6 nitrogen and oxygen atoms in total. The minimum atomic E-state index is -0.821. The summed E-state index contributed by atoms with van der Waals surface area (Å²) in [5, 5.41) is 0. The summed E-state index contributed by atoms with van der Waals surface area (Å²) >= 11 is 0. The molecule has 1 unspecified atom stereocenters. The Labute approximate surface area is 509 Å². The van der Waals surface area contributed by atoms with E-state index >= 15 is 0 Å². The molecule has 0 heterocycles. The number of unbranched alkanes of at least 4 members (excludes halogenated alkanes) is 41. The number of rotatable bonds is 65. The molecular weight excluding hydrogens is 1010 g/mol. The van der Waals surface area contributed by atoms with Crippen LogP contribution in [0.4, 0.5) is 0 Å². The largest absolute Gasteiger partial charge is 0.462 e. The summed E-state index contributed by atoms with van der Waals surface area (Å²) in [6, 6.07) is 0. The van der Waals surface area contributed by atoms with Gasteiger partial charge < -0.3 is 14.2 Å². The van der Waals surface area contributed by atoms with Crippen molar-refractivity contribution in [3.63, 3.8) is 0 Å². The molecule has 0 saturated carbocycles. The normalized spacial score (nSPS) is 12.6. The van der Waals surface area contributed by atoms with Gasteiger partial charge in [0, 0.05) is 12.8 Å². The maximum Gasteiger partial charge on any atom is 0.309 e. The van der Waals surface area contributed by atoms with E-state index in [2.05, 4.69) is 93.7 Å². The van der Waals surface area contributed by atoms with Gasteiger partial charge in [0.25, 0.3) is 0 Å². The second kappa shape index (κ2) is 70.1. The van der Waals surface area contributed by atoms with Crippen LogP contribution < -0.4 is 0 Å². The summed E-state index contributed by atoms with van der Waals surface area (Å²) in [6.07, 6.45) is 93.8. The molecule has 0 saturated heterocycles. The van der Waals surface area contributed by atoms with Crippen LogP contribution in [0.2, 0.25) is 0 Å². The molecule has 474 valence electrons. The lowest BCUT2D eigenvalue weighted by Gasteiger charge is -2.18. The van der Waals surface area contributed by atoms with Crippen molar-refractivity contribution >= 4 is 17.9 Å². The summed E-state index contributed by atoms with van der Waals surface area (Å²) in [5.41, 5.74) is 0. The zero-order valence-corrected chi connectivity index (χ0v) is 54.5. The third-order valence-corrected chi connectivity index (χ3v) is 15.7. The summed E-state index contributed by atoms with van der Waals surface area (Å²) in [6.45, 7) is 6.45. The first-order valence-corrected chi connectivity index (χ1v) is 35.6. The van der Waals surface area contributed by atoms with Crippen molar-refractivity contribution in [3.8, 4) is 0 Å². The van der Waals surface area contributed by atoms with Gasteiger partial charge in [-0.15, -0.1) is 0 Å². The van der Waals surface area contributed by atoms with E-state index in [-0.39, 0.29) is 31.6 Å². The van der Waals surface area contributed by atoms with Gasteiger partial charge in [-0.25, -0.2) is 0 Å². The molecule has 0 aromatic rings. The maximum atomic E-state index is 12.9. The maximum absolute atomic E-state index is 12.9. The van der Waals surface area contributed by atoms with Crippen LogP contribution in [0.1, 0.15) is 361 Å². The number of esters is 3. The number of ether oxygens (including phenoxy) is 3. The Bertz CT molecular complexity index is 1550. The van der Waals surface area contributed by atoms with Crippen LogP contribution in [0.25, 0.3) is 0 Å². The van der Waals surface area contributed by atoms with Crippen LogP contribution in [-0.2, 0) is 28.6 Å². The van der Waals surface area contributed by atoms with Crippen molar-refractivity contribution in [1.82, 2.24) is 0 Å². The Balaban J connectivity index is 4.22. The quantitative estimate of drug-likeness (QED) is 0.0261. The third kappa shape index (κ3) is 67.4. The minimum Gasteiger partial charge on any atom is -0.462 e. The molecule has 0 spiro atoms. The van der Waals surface area contributed by atoms with E-state index in [9.17, 15) is 14.4 Å². The van der Waals surface area contributed by atoms with Gasteiger partial charge in [-0.2, -0.15) is 0 Å². The average Bonchev–Trinajstić information content (AvgIpc) is 3.48. The first-order valence-electron chi connectivity index (χ1n) is 35.6. The summed E-state index contributed by atoms with van der Waals surface area (Å²) < 4.78 is 16.8. The number of hydrogen-bond donors (Lipinski definition) is 0. The highest BCUT2D eigenvalue weighted by molar-refractivity contribution is 5.72. The molecule has 0 bridgehead atoms. The van der Waals surface area contributed by atoms with Gasteiger partial charge in [0.05, 0.1) is 6.42 Å². The van der Waals surface area contributed by atoms with Crippen LogP contribution in [0.5, 0.6) is 0 Å². The number of carbonyl (C=O) groups is 3. The summed E-state index contributed by atoms with van der Waals surface area (Å²) in [7, 11) is 0. The van der Waals surface area contributed by atoms with Gasteiger partial charge in [-0.05, 0) is 77.0 Å². The van der Waals surface area contributed by atoms with E-state index in [1.807, 2.05) is 6.08 Å². The van der Waals surface area contributed by atoms with Crippen molar-refractivity contribution in [3.05, 3.63) is 85.1 Å². The molecule has 0 rings (SSSR count). The lowest BCUT2D eigenvalue weighted by molar-refractivity contribution is -0.166. The lowest BCUT2D eigenvalue weighted by Crippen LogP contribution is -2.30. The molecule has 0 radical (unpaired) electrons. The highest BCUT2D eigenvalue weighted by Crippen LogP contribution is 2.18. The van der Waals surface area contributed by atoms with Crippen LogP contribution in [-0.4, -0.2) is 37.2 Å². The minimum absolute atomic E-state index is 0.107. The molecular formula is C76H134O6. The van der Waals surface area contributed by atoms with Gasteiger partial charge in [-0.3, -0.25) is 14.4 Å². The molecule has 82 heavy (non-hydrogen) atoms. The van der Waals surface area contributed by atoms with Gasteiger partial charge in [0.2, 0.25) is 0 Å². The molecule has 0 aliphatic carbocycles. The fourth-order valence-corrected chi connectivity index (χ4v) is 10.4. The topological polar surface area (TPSA) is 78.9 Å². The second-order valence-electron chi connectivity index (χ2n) is 23.8. The van der Waals surface area contributed by atoms with Crippen molar-refractivity contribution in [2.75, 3.05) is 13.2 Å². The van der Waals surface area contributed by atoms with Gasteiger partial charge in [0.1, 0.15) is 13.2 Å². The molecule has 0 aliphatic heterocycles. The van der Waals surface area contributed by atoms with Crippen LogP contribution in [0.3, 0.4) is 0 Å². The van der Waals surface area contributed by atoms with E-state index in [4.69, 9.17) is 14.2 Å². The molecule has 0 aromatic heterocycles. The van der Waals surface area contributed by atoms with Crippen LogP contribution in [0, 0.1) is 0 Å². The third-order valence-electron chi connectivity index (χ3n) is 15.7. The van der Waals surface area contributed by atoms with E-state index in [1.165, 1.54) is 238 Å². The van der Waals surface area contributed by atoms with Crippen LogP contribution >= 0.6 is 0 Å². The predicted molar refractivity (Wildman–Crippen MR) is 358 cm³/mol. The standard InChI is InChI=1S/C76H134O6/c1-4-7-10-13-16-19-22-25-28-30-31-32-33-34-35-36-37-38-39-40-41-42-43-44-46-48-51-54-57-60-63-66-69-75(78)81-72-73(71-80-74(77)68-65-62-59-56-53-50-47-27-24-21-18-15-12-9-6-3)82-76(79)70-67-64-61-58-55-52-49-45-29-26-23-20-17-14-11-8-5-2/h9,12,17-18,20-21,26-27,29,47,53,56,62,65,73H,4-8,10-11,13-16,19,22-25,28,30-46,48-52,54-55,57-61,63-64,66-72H2,1-3H3/b12-9-,20-17-,21-18-,29-26-,47-27-,56-53-,65-62-. The van der Waals surface area contributed by atoms with Crippen molar-refractivity contribution in [2.24, 2.45) is 0 Å². The molecule has 1 atom stereocenters. The van der Waals surface area contributed by atoms with Crippen molar-refractivity contribution < 1.29 is 28.6 Å². The van der Waals surface area contributed by atoms with Gasteiger partial charge in [0.15, 0.2) is 6.10 Å². The molecule has 0 fully saturated rings. The summed E-state index contributed by atoms with van der Waals surface area (Å²) in [5.74, 6) is -1.03. The fourth-order valence-electron chi connectivity index (χ4n) is 10.4. The Kier molecular flexibility index (Phi) is 67.2. The average molecular weight is 1140 g/mol. The zero-order valence-electron chi connectivity index (χ0n) is 54.5. The molecule has 0 aliphatic rings. The molecule has 6 heteroatoms. The first kappa shape index (κ1) is 78.6. The Hall–Kier alpha value is -3.41. The summed E-state index contributed by atoms with van der Waals surface area (Å²) in [4.78, 5) is 38.3. The molecule has 0 N–H and O–H groups in total. The Morgan fingerprint density at radius 3 is 0.878 bits per heavy atom. The lowest BCUT2D eigenvalue weighted by atomic mass is 10.0. The number of hydrogen-bond acceptors (Lipinski definition) is 6. The monoisotopic (exact) mass is 1140 g/mol. The highest BCUT2D eigenvalue weighted by atomic mass is 16.6. The number of allylic oxidation sites excluding steroid dienone is 13. The van der Waals surface area contributed by atoms with E-state index in [0.29, 0.717) is 12.8 Å². The Morgan fingerprint density at radius 1 is 0.268 bits per heavy atom. The smallest absolute Gasteiger partial charge is 0.309 e. The molecule has 0 aromatic carbocycles. The SMILES string of the molecule is CC/C=C\C/C=C\C/C=C\C/C=C\C/C=C\CC(=O)OCC(COC(=O)CCCCCCCCCCCCCCCCCCCCCCCCCCCCCCCCCC)OC(=O)CCCCCCCCC/C=C\C/C=C\CCCCC. The van der Waals surface area contributed by atoms with Crippen molar-refractivity contribution in [2.45, 2.75) is 367 Å². The van der Waals surface area contributed by atoms with E-state index < -0.39 is 12.1 Å². The van der Waals surface area contributed by atoms with Gasteiger partial charge in [-0.1, -0.05) is 350 Å². The van der Waals surface area contributed by atoms with Gasteiger partial charge >= 0.3 is 17.9 Å². The first-order chi connectivity index (χ1) is 40.5. The van der Waals surface area contributed by atoms with Crippen molar-refractivity contribution in [1.29, 1.82) is 0 Å². The molecule has 0 amide bonds. The fraction of sp³-hybridized carbons (Fsp3) is 0.776. The predicted octanol–water partition coefficient (Wildman–Crippen LogP) is 24.6.